The smallest absolute Gasteiger partial charge is 0.335 e. The normalized spacial score (nSPS) is 11.2. The standard InChI is InChI=1S/C14H19NO7S/c1-14(2,3)22-12(16)8-15(23(19)20)10-7-9(13(17)18)5-6-11(10)21-4/h5-7,23H,8H2,1-4H3,(H,17,18). The van der Waals surface area contributed by atoms with Crippen molar-refractivity contribution in [3.05, 3.63) is 23.8 Å². The first kappa shape index (κ1) is 18.8. The van der Waals surface area contributed by atoms with Crippen LogP contribution in [0.2, 0.25) is 0 Å². The minimum absolute atomic E-state index is 0.0469. The number of ether oxygens (including phenoxy) is 2. The molecule has 0 heterocycles. The van der Waals surface area contributed by atoms with E-state index in [4.69, 9.17) is 14.6 Å². The Bertz CT molecular complexity index is 668. The molecule has 0 spiro atoms. The average Bonchev–Trinajstić information content (AvgIpc) is 2.41. The molecule has 0 amide bonds. The van der Waals surface area contributed by atoms with Gasteiger partial charge in [-0.25, -0.2) is 13.2 Å². The number of rotatable bonds is 6. The molecule has 0 saturated heterocycles. The molecule has 1 rings (SSSR count). The highest BCUT2D eigenvalue weighted by molar-refractivity contribution is 7.74. The van der Waals surface area contributed by atoms with Gasteiger partial charge >= 0.3 is 11.9 Å². The van der Waals surface area contributed by atoms with Crippen LogP contribution in [0.5, 0.6) is 5.75 Å². The number of carboxylic acids is 1. The predicted molar refractivity (Wildman–Crippen MR) is 83.5 cm³/mol. The summed E-state index contributed by atoms with van der Waals surface area (Å²) in [7, 11) is -1.90. The third-order valence-corrected chi connectivity index (χ3v) is 3.35. The van der Waals surface area contributed by atoms with E-state index in [0.29, 0.717) is 4.31 Å². The van der Waals surface area contributed by atoms with Gasteiger partial charge in [-0.1, -0.05) is 0 Å². The summed E-state index contributed by atoms with van der Waals surface area (Å²) in [6.45, 7) is 4.36. The van der Waals surface area contributed by atoms with E-state index in [1.54, 1.807) is 20.8 Å². The number of benzene rings is 1. The van der Waals surface area contributed by atoms with Crippen molar-refractivity contribution in [3.63, 3.8) is 0 Å². The van der Waals surface area contributed by atoms with Crippen LogP contribution in [0.1, 0.15) is 31.1 Å². The lowest BCUT2D eigenvalue weighted by molar-refractivity contribution is -0.152. The summed E-state index contributed by atoms with van der Waals surface area (Å²) in [6.07, 6.45) is 0. The summed E-state index contributed by atoms with van der Waals surface area (Å²) in [5.74, 6) is -1.87. The maximum Gasteiger partial charge on any atom is 0.335 e. The number of anilines is 1. The van der Waals surface area contributed by atoms with Crippen molar-refractivity contribution in [2.24, 2.45) is 0 Å². The Morgan fingerprint density at radius 2 is 1.87 bits per heavy atom. The summed E-state index contributed by atoms with van der Waals surface area (Å²) in [5, 5.41) is 9.03. The van der Waals surface area contributed by atoms with Crippen molar-refractivity contribution >= 4 is 28.5 Å². The number of carboxylic acid groups (broad SMARTS) is 1. The van der Waals surface area contributed by atoms with Crippen LogP contribution in [0.3, 0.4) is 0 Å². The molecule has 0 unspecified atom stereocenters. The summed E-state index contributed by atoms with van der Waals surface area (Å²) in [4.78, 5) is 22.9. The highest BCUT2D eigenvalue weighted by Crippen LogP contribution is 2.29. The Morgan fingerprint density at radius 1 is 1.26 bits per heavy atom. The lowest BCUT2D eigenvalue weighted by Gasteiger charge is -2.23. The molecule has 1 aromatic rings. The van der Waals surface area contributed by atoms with Crippen LogP contribution < -0.4 is 9.04 Å². The van der Waals surface area contributed by atoms with E-state index in [0.717, 1.165) is 6.07 Å². The third-order valence-electron chi connectivity index (χ3n) is 2.60. The SMILES string of the molecule is COc1ccc(C(=O)O)cc1N(CC(=O)OC(C)(C)C)[SH](=O)=O. The molecule has 0 atom stereocenters. The van der Waals surface area contributed by atoms with Crippen LogP contribution in [-0.2, 0) is 20.4 Å². The van der Waals surface area contributed by atoms with Crippen LogP contribution >= 0.6 is 0 Å². The number of hydrogen-bond acceptors (Lipinski definition) is 6. The number of hydrogen-bond donors (Lipinski definition) is 2. The van der Waals surface area contributed by atoms with Crippen LogP contribution in [0.4, 0.5) is 5.69 Å². The molecule has 1 aromatic carbocycles. The van der Waals surface area contributed by atoms with Gasteiger partial charge < -0.3 is 14.6 Å². The molecule has 0 aliphatic heterocycles. The molecule has 23 heavy (non-hydrogen) atoms. The molecule has 0 aliphatic rings. The van der Waals surface area contributed by atoms with Crippen molar-refractivity contribution in [3.8, 4) is 5.75 Å². The lowest BCUT2D eigenvalue weighted by atomic mass is 10.2. The van der Waals surface area contributed by atoms with Crippen LogP contribution in [0, 0.1) is 0 Å². The highest BCUT2D eigenvalue weighted by Gasteiger charge is 2.23. The minimum Gasteiger partial charge on any atom is -0.495 e. The highest BCUT2D eigenvalue weighted by atomic mass is 32.2. The molecule has 0 aliphatic carbocycles. The fraction of sp³-hybridized carbons (Fsp3) is 0.429. The van der Waals surface area contributed by atoms with Gasteiger partial charge in [0.1, 0.15) is 17.9 Å². The van der Waals surface area contributed by atoms with Crippen LogP contribution in [0.15, 0.2) is 18.2 Å². The van der Waals surface area contributed by atoms with E-state index in [2.05, 4.69) is 0 Å². The number of nitrogens with zero attached hydrogens (tertiary/aromatic N) is 1. The molecule has 0 aromatic heterocycles. The first-order chi connectivity index (χ1) is 10.5. The number of thiol groups is 1. The monoisotopic (exact) mass is 345 g/mol. The second-order valence-electron chi connectivity index (χ2n) is 5.57. The molecular formula is C14H19NO7S. The van der Waals surface area contributed by atoms with Gasteiger partial charge in [-0.05, 0) is 39.0 Å². The van der Waals surface area contributed by atoms with E-state index in [1.165, 1.54) is 19.2 Å². The topological polar surface area (TPSA) is 110 Å². The largest absolute Gasteiger partial charge is 0.495 e. The maximum absolute atomic E-state index is 11.9. The van der Waals surface area contributed by atoms with Gasteiger partial charge in [-0.3, -0.25) is 9.10 Å². The Morgan fingerprint density at radius 3 is 2.30 bits per heavy atom. The number of aromatic carboxylic acids is 1. The van der Waals surface area contributed by atoms with Gasteiger partial charge in [-0.15, -0.1) is 0 Å². The zero-order valence-corrected chi connectivity index (χ0v) is 14.1. The molecular weight excluding hydrogens is 326 g/mol. The molecule has 0 bridgehead atoms. The zero-order valence-electron chi connectivity index (χ0n) is 13.2. The van der Waals surface area contributed by atoms with Gasteiger partial charge in [0.15, 0.2) is 0 Å². The van der Waals surface area contributed by atoms with E-state index in [9.17, 15) is 18.0 Å². The van der Waals surface area contributed by atoms with E-state index < -0.39 is 35.0 Å². The minimum atomic E-state index is -3.21. The molecule has 0 fully saturated rings. The molecule has 0 saturated carbocycles. The molecule has 0 radical (unpaired) electrons. The Kier molecular flexibility index (Phi) is 5.97. The Labute approximate surface area is 135 Å². The maximum atomic E-state index is 11.9. The van der Waals surface area contributed by atoms with Crippen molar-refractivity contribution < 1.29 is 32.6 Å². The molecule has 1 N–H and O–H groups in total. The summed E-state index contributed by atoms with van der Waals surface area (Å²) in [5.41, 5.74) is -0.953. The van der Waals surface area contributed by atoms with Gasteiger partial charge in [-0.2, -0.15) is 0 Å². The first-order valence-electron chi connectivity index (χ1n) is 6.60. The van der Waals surface area contributed by atoms with Crippen molar-refractivity contribution in [2.75, 3.05) is 18.0 Å². The van der Waals surface area contributed by atoms with Gasteiger partial charge in [0.05, 0.1) is 18.4 Å². The van der Waals surface area contributed by atoms with Crippen LogP contribution in [-0.4, -0.2) is 44.7 Å². The quantitative estimate of drug-likeness (QED) is 0.586. The number of carbonyl (C=O) groups is 2. The Hall–Kier alpha value is -2.29. The first-order valence-corrected chi connectivity index (χ1v) is 7.73. The Balaban J connectivity index is 3.22. The summed E-state index contributed by atoms with van der Waals surface area (Å²) >= 11 is 0. The summed E-state index contributed by atoms with van der Waals surface area (Å²) in [6, 6.07) is 3.71. The summed E-state index contributed by atoms with van der Waals surface area (Å²) < 4.78 is 33.8. The number of methoxy groups -OCH3 is 1. The van der Waals surface area contributed by atoms with E-state index >= 15 is 0 Å². The van der Waals surface area contributed by atoms with Crippen LogP contribution in [0.25, 0.3) is 0 Å². The van der Waals surface area contributed by atoms with Crippen molar-refractivity contribution in [1.82, 2.24) is 0 Å². The van der Waals surface area contributed by atoms with Crippen molar-refractivity contribution in [2.45, 2.75) is 26.4 Å². The van der Waals surface area contributed by atoms with Crippen molar-refractivity contribution in [1.29, 1.82) is 0 Å². The second kappa shape index (κ2) is 7.32. The van der Waals surface area contributed by atoms with Gasteiger partial charge in [0, 0.05) is 0 Å². The fourth-order valence-electron chi connectivity index (χ4n) is 1.75. The molecule has 8 nitrogen and oxygen atoms in total. The zero-order chi connectivity index (χ0) is 17.8. The molecule has 9 heteroatoms. The predicted octanol–water partition coefficient (Wildman–Crippen LogP) is 1.07. The van der Waals surface area contributed by atoms with E-state index in [-0.39, 0.29) is 17.0 Å². The fourth-order valence-corrected chi connectivity index (χ4v) is 2.31. The second-order valence-corrected chi connectivity index (χ2v) is 6.53. The third kappa shape index (κ3) is 5.44. The van der Waals surface area contributed by atoms with Gasteiger partial charge in [0.25, 0.3) is 0 Å². The average molecular weight is 345 g/mol. The van der Waals surface area contributed by atoms with Gasteiger partial charge in [0.2, 0.25) is 10.9 Å². The van der Waals surface area contributed by atoms with E-state index in [1.807, 2.05) is 0 Å². The number of carbonyl (C=O) groups excluding carboxylic acids is 1. The number of esters is 1. The molecule has 128 valence electrons. The lowest BCUT2D eigenvalue weighted by Crippen LogP contribution is -2.34.